The lowest BCUT2D eigenvalue weighted by atomic mass is 9.94. The Bertz CT molecular complexity index is 948. The zero-order valence-corrected chi connectivity index (χ0v) is 16.3. The second-order valence-electron chi connectivity index (χ2n) is 6.63. The smallest absolute Gasteiger partial charge is 0.256 e. The first-order chi connectivity index (χ1) is 13.7. The number of pyridine rings is 1. The highest BCUT2D eigenvalue weighted by molar-refractivity contribution is 7.98. The average molecular weight is 396 g/mol. The van der Waals surface area contributed by atoms with E-state index in [4.69, 9.17) is 4.52 Å². The number of carbonyl (C=O) groups excluding carboxylic acids is 1. The number of thioether (sulfide) groups is 1. The van der Waals surface area contributed by atoms with E-state index in [9.17, 15) is 4.79 Å². The van der Waals surface area contributed by atoms with Gasteiger partial charge in [0, 0.05) is 38.1 Å². The molecule has 4 heterocycles. The topological polar surface area (TPSA) is 97.9 Å². The number of amides is 1. The van der Waals surface area contributed by atoms with E-state index < -0.39 is 0 Å². The number of nitrogens with zero attached hydrogens (tertiary/aromatic N) is 6. The zero-order valence-electron chi connectivity index (χ0n) is 15.5. The molecular weight excluding hydrogens is 376 g/mol. The van der Waals surface area contributed by atoms with Crippen molar-refractivity contribution in [2.75, 3.05) is 19.3 Å². The van der Waals surface area contributed by atoms with Gasteiger partial charge in [0.15, 0.2) is 0 Å². The fourth-order valence-corrected chi connectivity index (χ4v) is 3.95. The molecule has 9 heteroatoms. The van der Waals surface area contributed by atoms with Crippen LogP contribution in [0.3, 0.4) is 0 Å². The Balaban J connectivity index is 1.43. The summed E-state index contributed by atoms with van der Waals surface area (Å²) in [6, 6.07) is 3.65. The van der Waals surface area contributed by atoms with E-state index >= 15 is 0 Å². The number of hydrogen-bond donors (Lipinski definition) is 0. The van der Waals surface area contributed by atoms with Crippen LogP contribution < -0.4 is 0 Å². The van der Waals surface area contributed by atoms with Gasteiger partial charge in [-0.25, -0.2) is 9.97 Å². The fourth-order valence-electron chi connectivity index (χ4n) is 3.41. The van der Waals surface area contributed by atoms with Crippen LogP contribution in [0.1, 0.15) is 29.1 Å². The number of carbonyl (C=O) groups is 1. The summed E-state index contributed by atoms with van der Waals surface area (Å²) in [5.74, 6) is 1.31. The monoisotopic (exact) mass is 396 g/mol. The van der Waals surface area contributed by atoms with Crippen molar-refractivity contribution in [3.8, 4) is 11.5 Å². The van der Waals surface area contributed by atoms with Gasteiger partial charge in [-0.1, -0.05) is 5.16 Å². The number of likely N-dealkylation sites (tertiary alicyclic amines) is 1. The van der Waals surface area contributed by atoms with Crippen molar-refractivity contribution in [3.05, 3.63) is 48.4 Å². The van der Waals surface area contributed by atoms with Crippen molar-refractivity contribution in [1.29, 1.82) is 0 Å². The maximum atomic E-state index is 13.0. The normalized spacial score (nSPS) is 16.9. The molecule has 0 N–H and O–H groups in total. The molecule has 0 spiro atoms. The molecule has 0 bridgehead atoms. The summed E-state index contributed by atoms with van der Waals surface area (Å²) in [6.45, 7) is 1.43. The lowest BCUT2D eigenvalue weighted by Crippen LogP contribution is -2.40. The van der Waals surface area contributed by atoms with Gasteiger partial charge in [0.2, 0.25) is 11.7 Å². The molecule has 4 rings (SSSR count). The summed E-state index contributed by atoms with van der Waals surface area (Å²) >= 11 is 1.49. The SMILES string of the molecule is CSc1ncccc1C(=O)N1CCCC(Cc2nc(-c3cnccn3)no2)C1. The van der Waals surface area contributed by atoms with E-state index in [1.165, 1.54) is 11.8 Å². The van der Waals surface area contributed by atoms with Crippen molar-refractivity contribution in [1.82, 2.24) is 30.0 Å². The average Bonchev–Trinajstić information content (AvgIpc) is 3.22. The summed E-state index contributed by atoms with van der Waals surface area (Å²) in [4.78, 5) is 31.8. The summed E-state index contributed by atoms with van der Waals surface area (Å²) in [6.07, 6.45) is 11.1. The molecule has 0 aromatic carbocycles. The number of piperidine rings is 1. The minimum absolute atomic E-state index is 0.0351. The van der Waals surface area contributed by atoms with Crippen molar-refractivity contribution < 1.29 is 9.32 Å². The Labute approximate surface area is 166 Å². The van der Waals surface area contributed by atoms with E-state index in [1.54, 1.807) is 30.9 Å². The van der Waals surface area contributed by atoms with Crippen LogP contribution >= 0.6 is 11.8 Å². The van der Waals surface area contributed by atoms with Crippen molar-refractivity contribution in [3.63, 3.8) is 0 Å². The van der Waals surface area contributed by atoms with E-state index in [0.717, 1.165) is 24.4 Å². The highest BCUT2D eigenvalue weighted by atomic mass is 32.2. The van der Waals surface area contributed by atoms with Crippen LogP contribution in [0.4, 0.5) is 0 Å². The van der Waals surface area contributed by atoms with Crippen LogP contribution in [0.2, 0.25) is 0 Å². The molecule has 1 fully saturated rings. The maximum Gasteiger partial charge on any atom is 0.256 e. The Morgan fingerprint density at radius 2 is 2.25 bits per heavy atom. The molecule has 3 aromatic heterocycles. The lowest BCUT2D eigenvalue weighted by molar-refractivity contribution is 0.0664. The van der Waals surface area contributed by atoms with Gasteiger partial charge in [-0.05, 0) is 37.1 Å². The quantitative estimate of drug-likeness (QED) is 0.607. The highest BCUT2D eigenvalue weighted by Gasteiger charge is 2.27. The van der Waals surface area contributed by atoms with Crippen molar-refractivity contribution in [2.45, 2.75) is 24.3 Å². The van der Waals surface area contributed by atoms with Crippen LogP contribution in [0.15, 0.2) is 46.5 Å². The third kappa shape index (κ3) is 4.04. The second-order valence-corrected chi connectivity index (χ2v) is 7.42. The molecule has 28 heavy (non-hydrogen) atoms. The molecular formula is C19H20N6O2S. The van der Waals surface area contributed by atoms with Crippen LogP contribution in [-0.4, -0.2) is 55.2 Å². The van der Waals surface area contributed by atoms with Gasteiger partial charge in [-0.15, -0.1) is 11.8 Å². The Hall–Kier alpha value is -2.81. The first kappa shape index (κ1) is 18.5. The van der Waals surface area contributed by atoms with Gasteiger partial charge in [0.25, 0.3) is 5.91 Å². The predicted octanol–water partition coefficient (Wildman–Crippen LogP) is 2.74. The molecule has 8 nitrogen and oxygen atoms in total. The second kappa shape index (κ2) is 8.47. The Morgan fingerprint density at radius 1 is 1.32 bits per heavy atom. The third-order valence-corrected chi connectivity index (χ3v) is 5.44. The van der Waals surface area contributed by atoms with E-state index in [-0.39, 0.29) is 11.8 Å². The van der Waals surface area contributed by atoms with Crippen molar-refractivity contribution in [2.24, 2.45) is 5.92 Å². The predicted molar refractivity (Wildman–Crippen MR) is 104 cm³/mol. The zero-order chi connectivity index (χ0) is 19.3. The molecule has 1 aliphatic heterocycles. The number of rotatable bonds is 5. The maximum absolute atomic E-state index is 13.0. The molecule has 1 unspecified atom stereocenters. The summed E-state index contributed by atoms with van der Waals surface area (Å²) in [5, 5.41) is 4.76. The molecule has 3 aromatic rings. The van der Waals surface area contributed by atoms with Crippen molar-refractivity contribution >= 4 is 17.7 Å². The largest absolute Gasteiger partial charge is 0.339 e. The molecule has 1 aliphatic rings. The summed E-state index contributed by atoms with van der Waals surface area (Å²) < 4.78 is 5.39. The molecule has 0 aliphatic carbocycles. The number of aromatic nitrogens is 5. The van der Waals surface area contributed by atoms with Crippen LogP contribution in [0.5, 0.6) is 0 Å². The standard InChI is InChI=1S/C19H20N6O2S/c1-28-18-14(5-2-6-22-18)19(26)25-9-3-4-13(12-25)10-16-23-17(24-27-16)15-11-20-7-8-21-15/h2,5-8,11,13H,3-4,9-10,12H2,1H3. The number of hydrogen-bond acceptors (Lipinski definition) is 8. The summed E-state index contributed by atoms with van der Waals surface area (Å²) in [5.41, 5.74) is 1.25. The minimum atomic E-state index is 0.0351. The van der Waals surface area contributed by atoms with E-state index in [0.29, 0.717) is 35.9 Å². The molecule has 144 valence electrons. The fraction of sp³-hybridized carbons (Fsp3) is 0.368. The Kier molecular flexibility index (Phi) is 5.61. The minimum Gasteiger partial charge on any atom is -0.339 e. The first-order valence-electron chi connectivity index (χ1n) is 9.12. The van der Waals surface area contributed by atoms with Gasteiger partial charge >= 0.3 is 0 Å². The van der Waals surface area contributed by atoms with Gasteiger partial charge in [0.05, 0.1) is 11.8 Å². The highest BCUT2D eigenvalue weighted by Crippen LogP contribution is 2.25. The van der Waals surface area contributed by atoms with Gasteiger partial charge in [0.1, 0.15) is 10.7 Å². The molecule has 0 saturated carbocycles. The first-order valence-corrected chi connectivity index (χ1v) is 10.3. The third-order valence-electron chi connectivity index (χ3n) is 4.72. The van der Waals surface area contributed by atoms with Gasteiger partial charge < -0.3 is 9.42 Å². The van der Waals surface area contributed by atoms with E-state index in [2.05, 4.69) is 25.1 Å². The van der Waals surface area contributed by atoms with Crippen LogP contribution in [0.25, 0.3) is 11.5 Å². The van der Waals surface area contributed by atoms with Gasteiger partial charge in [-0.2, -0.15) is 4.98 Å². The summed E-state index contributed by atoms with van der Waals surface area (Å²) in [7, 11) is 0. The molecule has 1 amide bonds. The van der Waals surface area contributed by atoms with Crippen LogP contribution in [-0.2, 0) is 6.42 Å². The van der Waals surface area contributed by atoms with Crippen LogP contribution in [0, 0.1) is 5.92 Å². The Morgan fingerprint density at radius 3 is 3.07 bits per heavy atom. The van der Waals surface area contributed by atoms with E-state index in [1.807, 2.05) is 17.2 Å². The molecule has 1 saturated heterocycles. The molecule has 1 atom stereocenters. The molecule has 0 radical (unpaired) electrons. The lowest BCUT2D eigenvalue weighted by Gasteiger charge is -2.32. The van der Waals surface area contributed by atoms with Gasteiger partial charge in [-0.3, -0.25) is 9.78 Å².